The second-order valence-corrected chi connectivity index (χ2v) is 1.86. The normalized spacial score (nSPS) is 9.71. The van der Waals surface area contributed by atoms with Gasteiger partial charge in [-0.15, -0.1) is 0 Å². The zero-order valence-electron chi connectivity index (χ0n) is 6.73. The molecule has 0 fully saturated rings. The third-order valence-corrected chi connectivity index (χ3v) is 0.799. The summed E-state index contributed by atoms with van der Waals surface area (Å²) in [6.07, 6.45) is 1.04. The van der Waals surface area contributed by atoms with E-state index in [1.165, 1.54) is 0 Å². The van der Waals surface area contributed by atoms with Crippen LogP contribution in [0.5, 0.6) is 0 Å². The summed E-state index contributed by atoms with van der Waals surface area (Å²) in [6, 6.07) is 0. The first-order valence-electron chi connectivity index (χ1n) is 3.23. The average Bonchev–Trinajstić information content (AvgIpc) is 1.98. The molecule has 0 radical (unpaired) electrons. The van der Waals surface area contributed by atoms with Crippen molar-refractivity contribution < 1.29 is 39.0 Å². The van der Waals surface area contributed by atoms with Gasteiger partial charge in [0.05, 0.1) is 0 Å². The maximum atomic E-state index is 10.5. The highest BCUT2D eigenvalue weighted by atomic mass is 16.7. The summed E-state index contributed by atoms with van der Waals surface area (Å²) in [5.74, 6) is -2.41. The van der Waals surface area contributed by atoms with Crippen molar-refractivity contribution in [3.8, 4) is 0 Å². The van der Waals surface area contributed by atoms with Gasteiger partial charge < -0.3 is 29.4 Å². The van der Waals surface area contributed by atoms with E-state index in [-0.39, 0.29) is 0 Å². The highest BCUT2D eigenvalue weighted by molar-refractivity contribution is 6.37. The van der Waals surface area contributed by atoms with Gasteiger partial charge >= 0.3 is 26.6 Å². The minimum Gasteiger partial charge on any atom is -0.482 e. The van der Waals surface area contributed by atoms with Crippen LogP contribution in [0.25, 0.3) is 0 Å². The quantitative estimate of drug-likeness (QED) is 0.274. The topological polar surface area (TPSA) is 134 Å². The van der Waals surface area contributed by atoms with E-state index >= 15 is 0 Å². The van der Waals surface area contributed by atoms with Crippen molar-refractivity contribution in [3.63, 3.8) is 0 Å². The molecule has 0 amide bonds. The Kier molecular flexibility index (Phi) is 5.56. The standard InChI is InChI=1S/C4H6B2O8/c7-3(13-5(9)10)1-2-4(8)14-6(11)12/h1-2,9-12H/b2-1-. The molecule has 0 aliphatic rings. The van der Waals surface area contributed by atoms with Gasteiger partial charge in [0.15, 0.2) is 0 Å². The SMILES string of the molecule is O=C(/C=C\C(=O)OB(O)O)OB(O)O. The van der Waals surface area contributed by atoms with Gasteiger partial charge in [-0.05, 0) is 0 Å². The maximum Gasteiger partial charge on any atom is 0.709 e. The summed E-state index contributed by atoms with van der Waals surface area (Å²) in [7, 11) is -4.57. The van der Waals surface area contributed by atoms with Crippen molar-refractivity contribution in [2.45, 2.75) is 0 Å². The third kappa shape index (κ3) is 7.31. The molecule has 0 saturated heterocycles. The Hall–Kier alpha value is -1.35. The fourth-order valence-electron chi connectivity index (χ4n) is 0.422. The largest absolute Gasteiger partial charge is 0.709 e. The first-order valence-corrected chi connectivity index (χ1v) is 3.23. The molecule has 76 valence electrons. The lowest BCUT2D eigenvalue weighted by Crippen LogP contribution is -2.22. The van der Waals surface area contributed by atoms with E-state index in [4.69, 9.17) is 20.1 Å². The molecule has 0 atom stereocenters. The molecule has 0 aromatic rings. The van der Waals surface area contributed by atoms with E-state index in [1.54, 1.807) is 0 Å². The Morgan fingerprint density at radius 2 is 1.14 bits per heavy atom. The molecule has 14 heavy (non-hydrogen) atoms. The predicted octanol–water partition coefficient (Wildman–Crippen LogP) is -3.43. The zero-order valence-corrected chi connectivity index (χ0v) is 6.73. The van der Waals surface area contributed by atoms with Crippen molar-refractivity contribution in [3.05, 3.63) is 12.2 Å². The predicted molar refractivity (Wildman–Crippen MR) is 41.7 cm³/mol. The number of carbonyl (C=O) groups is 2. The van der Waals surface area contributed by atoms with Crippen LogP contribution in [-0.2, 0) is 18.9 Å². The molecule has 0 aromatic carbocycles. The van der Waals surface area contributed by atoms with Crippen LogP contribution in [0.3, 0.4) is 0 Å². The van der Waals surface area contributed by atoms with Gasteiger partial charge in [-0.3, -0.25) is 0 Å². The molecule has 0 bridgehead atoms. The molecule has 10 heteroatoms. The van der Waals surface area contributed by atoms with E-state index in [0.29, 0.717) is 12.2 Å². The van der Waals surface area contributed by atoms with Crippen LogP contribution in [0.15, 0.2) is 12.2 Å². The number of rotatable bonds is 4. The lowest BCUT2D eigenvalue weighted by atomic mass is 10.2. The van der Waals surface area contributed by atoms with E-state index in [9.17, 15) is 9.59 Å². The van der Waals surface area contributed by atoms with Crippen LogP contribution in [0.1, 0.15) is 0 Å². The summed E-state index contributed by atoms with van der Waals surface area (Å²) in [5, 5.41) is 32.5. The number of hydrogen-bond donors (Lipinski definition) is 4. The molecule has 0 saturated carbocycles. The van der Waals surface area contributed by atoms with E-state index in [0.717, 1.165) is 0 Å². The first-order chi connectivity index (χ1) is 6.41. The molecule has 0 aliphatic heterocycles. The second-order valence-electron chi connectivity index (χ2n) is 1.86. The van der Waals surface area contributed by atoms with Crippen molar-refractivity contribution in [1.29, 1.82) is 0 Å². The van der Waals surface area contributed by atoms with Crippen LogP contribution in [-0.4, -0.2) is 46.7 Å². The van der Waals surface area contributed by atoms with Crippen LogP contribution >= 0.6 is 0 Å². The van der Waals surface area contributed by atoms with Crippen LogP contribution < -0.4 is 0 Å². The zero-order chi connectivity index (χ0) is 11.1. The molecule has 0 spiro atoms. The van der Waals surface area contributed by atoms with Crippen molar-refractivity contribution in [2.75, 3.05) is 0 Å². The lowest BCUT2D eigenvalue weighted by Gasteiger charge is -1.98. The Morgan fingerprint density at radius 1 is 0.857 bits per heavy atom. The minimum atomic E-state index is -2.29. The number of hydrogen-bond acceptors (Lipinski definition) is 8. The molecule has 0 aromatic heterocycles. The van der Waals surface area contributed by atoms with Gasteiger partial charge in [0.2, 0.25) is 0 Å². The minimum absolute atomic E-state index is 0.518. The van der Waals surface area contributed by atoms with E-state index < -0.39 is 26.6 Å². The third-order valence-electron chi connectivity index (χ3n) is 0.799. The Balaban J connectivity index is 3.92. The number of carbonyl (C=O) groups excluding carboxylic acids is 2. The van der Waals surface area contributed by atoms with Gasteiger partial charge in [0.25, 0.3) is 0 Å². The molecule has 0 unspecified atom stereocenters. The summed E-state index contributed by atoms with van der Waals surface area (Å²) < 4.78 is 7.52. The van der Waals surface area contributed by atoms with Crippen LogP contribution in [0.2, 0.25) is 0 Å². The van der Waals surface area contributed by atoms with Crippen molar-refractivity contribution >= 4 is 26.6 Å². The van der Waals surface area contributed by atoms with Gasteiger partial charge in [-0.2, -0.15) is 0 Å². The molecule has 0 aliphatic carbocycles. The first kappa shape index (κ1) is 12.6. The molecular weight excluding hydrogens is 198 g/mol. The summed E-state index contributed by atoms with van der Waals surface area (Å²) in [6.45, 7) is 0. The highest BCUT2D eigenvalue weighted by Crippen LogP contribution is 1.86. The maximum absolute atomic E-state index is 10.5. The van der Waals surface area contributed by atoms with Gasteiger partial charge in [0.1, 0.15) is 0 Å². The van der Waals surface area contributed by atoms with Gasteiger partial charge in [-0.1, -0.05) is 0 Å². The van der Waals surface area contributed by atoms with Crippen LogP contribution in [0.4, 0.5) is 0 Å². The molecule has 8 nitrogen and oxygen atoms in total. The van der Waals surface area contributed by atoms with E-state index in [1.807, 2.05) is 0 Å². The fourth-order valence-corrected chi connectivity index (χ4v) is 0.422. The Morgan fingerprint density at radius 3 is 1.36 bits per heavy atom. The van der Waals surface area contributed by atoms with Crippen molar-refractivity contribution in [1.82, 2.24) is 0 Å². The van der Waals surface area contributed by atoms with Gasteiger partial charge in [0, 0.05) is 12.2 Å². The Labute approximate surface area is 78.7 Å². The molecule has 0 rings (SSSR count). The summed E-state index contributed by atoms with van der Waals surface area (Å²) in [4.78, 5) is 21.0. The Bertz CT molecular complexity index is 211. The fraction of sp³-hybridized carbons (Fsp3) is 0. The molecular formula is C4H6B2O8. The van der Waals surface area contributed by atoms with Crippen LogP contribution in [0, 0.1) is 0 Å². The second kappa shape index (κ2) is 6.16. The lowest BCUT2D eigenvalue weighted by molar-refractivity contribution is -0.134. The smallest absolute Gasteiger partial charge is 0.482 e. The molecule has 4 N–H and O–H groups in total. The molecule has 0 heterocycles. The van der Waals surface area contributed by atoms with E-state index in [2.05, 4.69) is 9.31 Å². The average molecular weight is 204 g/mol. The summed E-state index contributed by atoms with van der Waals surface area (Å²) in [5.41, 5.74) is 0. The highest BCUT2D eigenvalue weighted by Gasteiger charge is 2.16. The van der Waals surface area contributed by atoms with Gasteiger partial charge in [-0.25, -0.2) is 9.59 Å². The van der Waals surface area contributed by atoms with Crippen molar-refractivity contribution in [2.24, 2.45) is 0 Å². The monoisotopic (exact) mass is 204 g/mol. The summed E-state index contributed by atoms with van der Waals surface area (Å²) >= 11 is 0.